The van der Waals surface area contributed by atoms with Crippen molar-refractivity contribution >= 4 is 17.8 Å². The van der Waals surface area contributed by atoms with E-state index in [9.17, 15) is 14.4 Å². The molecule has 0 radical (unpaired) electrons. The van der Waals surface area contributed by atoms with Gasteiger partial charge < -0.3 is 10.2 Å². The second kappa shape index (κ2) is 6.39. The van der Waals surface area contributed by atoms with E-state index in [0.717, 1.165) is 24.9 Å². The predicted octanol–water partition coefficient (Wildman–Crippen LogP) is 0.0282. The molecule has 2 fully saturated rings. The van der Waals surface area contributed by atoms with E-state index in [2.05, 4.69) is 15.7 Å². The van der Waals surface area contributed by atoms with Crippen LogP contribution in [-0.4, -0.2) is 51.7 Å². The molecule has 0 aromatic carbocycles. The number of amides is 4. The van der Waals surface area contributed by atoms with Gasteiger partial charge in [-0.1, -0.05) is 0 Å². The summed E-state index contributed by atoms with van der Waals surface area (Å²) in [6.45, 7) is 4.26. The molecule has 8 heteroatoms. The number of aryl methyl sites for hydroxylation is 1. The second-order valence-corrected chi connectivity index (χ2v) is 6.28. The number of carbonyl (C=O) groups excluding carboxylic acids is 3. The smallest absolute Gasteiger partial charge is 0.322 e. The summed E-state index contributed by atoms with van der Waals surface area (Å²) >= 11 is 0. The summed E-state index contributed by atoms with van der Waals surface area (Å²) in [5, 5.41) is 8.90. The van der Waals surface area contributed by atoms with Crippen molar-refractivity contribution in [3.63, 3.8) is 0 Å². The van der Waals surface area contributed by atoms with E-state index in [4.69, 9.17) is 0 Å². The van der Waals surface area contributed by atoms with E-state index in [1.807, 2.05) is 24.0 Å². The van der Waals surface area contributed by atoms with Crippen molar-refractivity contribution in [3.8, 4) is 0 Å². The van der Waals surface area contributed by atoms with Gasteiger partial charge >= 0.3 is 6.03 Å². The van der Waals surface area contributed by atoms with Crippen molar-refractivity contribution in [1.29, 1.82) is 0 Å². The van der Waals surface area contributed by atoms with Gasteiger partial charge in [-0.15, -0.1) is 0 Å². The van der Waals surface area contributed by atoms with Gasteiger partial charge in [-0.25, -0.2) is 4.79 Å². The van der Waals surface area contributed by atoms with Gasteiger partial charge in [0.2, 0.25) is 5.91 Å². The third-order valence-corrected chi connectivity index (χ3v) is 4.41. The third kappa shape index (κ3) is 3.69. The van der Waals surface area contributed by atoms with Crippen molar-refractivity contribution in [2.45, 2.75) is 38.8 Å². The lowest BCUT2D eigenvalue weighted by molar-refractivity contribution is -0.135. The minimum absolute atomic E-state index is 0.0284. The number of urea groups is 1. The molecule has 1 aromatic rings. The molecule has 0 bridgehead atoms. The van der Waals surface area contributed by atoms with Crippen molar-refractivity contribution in [1.82, 2.24) is 25.3 Å². The second-order valence-electron chi connectivity index (χ2n) is 6.28. The molecular weight excluding hydrogens is 298 g/mol. The highest BCUT2D eigenvalue weighted by molar-refractivity contribution is 6.05. The first-order chi connectivity index (χ1) is 11.0. The molecule has 1 atom stereocenters. The van der Waals surface area contributed by atoms with E-state index in [-0.39, 0.29) is 12.3 Å². The minimum Gasteiger partial charge on any atom is -0.343 e. The highest BCUT2D eigenvalue weighted by atomic mass is 16.2. The zero-order valence-electron chi connectivity index (χ0n) is 13.1. The number of hydrogen-bond acceptors (Lipinski definition) is 4. The average molecular weight is 319 g/mol. The normalized spacial score (nSPS) is 22.1. The van der Waals surface area contributed by atoms with Gasteiger partial charge in [0, 0.05) is 25.8 Å². The molecule has 2 N–H and O–H groups in total. The van der Waals surface area contributed by atoms with Gasteiger partial charge in [-0.2, -0.15) is 5.10 Å². The number of imide groups is 1. The Morgan fingerprint density at radius 2 is 2.09 bits per heavy atom. The number of likely N-dealkylation sites (tertiary alicyclic amines) is 1. The maximum atomic E-state index is 12.3. The summed E-state index contributed by atoms with van der Waals surface area (Å²) in [5.41, 5.74) is 1.15. The highest BCUT2D eigenvalue weighted by Crippen LogP contribution is 2.20. The number of nitrogens with one attached hydrogen (secondary N) is 2. The number of carbonyl (C=O) groups is 3. The van der Waals surface area contributed by atoms with E-state index in [1.54, 1.807) is 4.90 Å². The molecule has 2 saturated heterocycles. The quantitative estimate of drug-likeness (QED) is 0.765. The molecule has 3 rings (SSSR count). The first-order valence-electron chi connectivity index (χ1n) is 7.89. The van der Waals surface area contributed by atoms with Crippen molar-refractivity contribution < 1.29 is 14.4 Å². The lowest BCUT2D eigenvalue weighted by Gasteiger charge is -2.32. The summed E-state index contributed by atoms with van der Waals surface area (Å²) in [7, 11) is 0. The number of hydrogen-bond donors (Lipinski definition) is 2. The van der Waals surface area contributed by atoms with Crippen LogP contribution in [0.4, 0.5) is 4.79 Å². The Labute approximate surface area is 134 Å². The lowest BCUT2D eigenvalue weighted by Crippen LogP contribution is -2.43. The van der Waals surface area contributed by atoms with E-state index >= 15 is 0 Å². The molecule has 0 spiro atoms. The zero-order valence-corrected chi connectivity index (χ0v) is 13.1. The monoisotopic (exact) mass is 319 g/mol. The Morgan fingerprint density at radius 3 is 2.65 bits per heavy atom. The summed E-state index contributed by atoms with van der Waals surface area (Å²) < 4.78 is 1.95. The fraction of sp³-hybridized carbons (Fsp3) is 0.600. The maximum Gasteiger partial charge on any atom is 0.322 e. The van der Waals surface area contributed by atoms with Gasteiger partial charge in [0.25, 0.3) is 5.91 Å². The van der Waals surface area contributed by atoms with Crippen LogP contribution in [0.2, 0.25) is 0 Å². The molecule has 1 aromatic heterocycles. The molecule has 2 aliphatic rings. The maximum absolute atomic E-state index is 12.3. The molecule has 2 aliphatic heterocycles. The Hall–Kier alpha value is -2.38. The fourth-order valence-electron chi connectivity index (χ4n) is 3.10. The van der Waals surface area contributed by atoms with Crippen LogP contribution in [-0.2, 0) is 16.1 Å². The molecule has 8 nitrogen and oxygen atoms in total. The van der Waals surface area contributed by atoms with E-state index in [0.29, 0.717) is 19.0 Å². The summed E-state index contributed by atoms with van der Waals surface area (Å²) in [6, 6.07) is -1.26. The molecule has 4 amide bonds. The number of nitrogens with zero attached hydrogens (tertiary/aromatic N) is 3. The van der Waals surface area contributed by atoms with E-state index in [1.165, 1.54) is 0 Å². The molecule has 0 saturated carbocycles. The van der Waals surface area contributed by atoms with Gasteiger partial charge in [0.1, 0.15) is 6.04 Å². The predicted molar refractivity (Wildman–Crippen MR) is 81.3 cm³/mol. The molecule has 124 valence electrons. The van der Waals surface area contributed by atoms with Crippen LogP contribution in [0.15, 0.2) is 12.4 Å². The van der Waals surface area contributed by atoms with Gasteiger partial charge in [-0.3, -0.25) is 19.6 Å². The Kier molecular flexibility index (Phi) is 4.31. The zero-order chi connectivity index (χ0) is 16.4. The fourth-order valence-corrected chi connectivity index (χ4v) is 3.10. The van der Waals surface area contributed by atoms with Crippen LogP contribution in [0, 0.1) is 12.8 Å². The molecule has 23 heavy (non-hydrogen) atoms. The first-order valence-corrected chi connectivity index (χ1v) is 7.89. The number of aromatic nitrogens is 2. The Bertz CT molecular complexity index is 618. The van der Waals surface area contributed by atoms with Gasteiger partial charge in [0.05, 0.1) is 12.6 Å². The van der Waals surface area contributed by atoms with Gasteiger partial charge in [-0.05, 0) is 31.2 Å². The number of piperidine rings is 1. The topological polar surface area (TPSA) is 96.3 Å². The third-order valence-electron chi connectivity index (χ3n) is 4.41. The first kappa shape index (κ1) is 15.5. The van der Waals surface area contributed by atoms with Crippen LogP contribution < -0.4 is 10.6 Å². The Morgan fingerprint density at radius 1 is 1.35 bits per heavy atom. The summed E-state index contributed by atoms with van der Waals surface area (Å²) in [6.07, 6.45) is 5.75. The molecular formula is C15H21N5O3. The van der Waals surface area contributed by atoms with Gasteiger partial charge in [0.15, 0.2) is 0 Å². The molecule has 1 unspecified atom stereocenters. The van der Waals surface area contributed by atoms with Crippen LogP contribution >= 0.6 is 0 Å². The highest BCUT2D eigenvalue weighted by Gasteiger charge is 2.33. The van der Waals surface area contributed by atoms with Crippen LogP contribution in [0.1, 0.15) is 24.8 Å². The largest absolute Gasteiger partial charge is 0.343 e. The standard InChI is InChI=1S/C15H21N5O3/c1-10-7-16-20(8-10)9-11-2-4-19(5-3-11)13(21)6-12-14(22)18-15(23)17-12/h7-8,11-12H,2-6,9H2,1H3,(H2,17,18,22,23). The molecule has 3 heterocycles. The van der Waals surface area contributed by atoms with Crippen molar-refractivity contribution in [2.75, 3.05) is 13.1 Å². The van der Waals surface area contributed by atoms with Crippen molar-refractivity contribution in [3.05, 3.63) is 18.0 Å². The molecule has 0 aliphatic carbocycles. The average Bonchev–Trinajstić information content (AvgIpc) is 3.05. The van der Waals surface area contributed by atoms with Crippen molar-refractivity contribution in [2.24, 2.45) is 5.92 Å². The minimum atomic E-state index is -0.736. The van der Waals surface area contributed by atoms with E-state index < -0.39 is 18.0 Å². The van der Waals surface area contributed by atoms with Crippen LogP contribution in [0.25, 0.3) is 0 Å². The summed E-state index contributed by atoms with van der Waals surface area (Å²) in [4.78, 5) is 36.6. The summed E-state index contributed by atoms with van der Waals surface area (Å²) in [5.74, 6) is 0.000790. The van der Waals surface area contributed by atoms with Crippen LogP contribution in [0.3, 0.4) is 0 Å². The lowest BCUT2D eigenvalue weighted by atomic mass is 9.96. The van der Waals surface area contributed by atoms with Crippen LogP contribution in [0.5, 0.6) is 0 Å². The SMILES string of the molecule is Cc1cnn(CC2CCN(C(=O)CC3NC(=O)NC3=O)CC2)c1. The number of rotatable bonds is 4. The Balaban J connectivity index is 1.46.